The summed E-state index contributed by atoms with van der Waals surface area (Å²) in [6, 6.07) is 0.419. The smallest absolute Gasteiger partial charge is 0.0130 e. The van der Waals surface area contributed by atoms with Crippen molar-refractivity contribution in [2.24, 2.45) is 11.7 Å². The van der Waals surface area contributed by atoms with Gasteiger partial charge in [-0.3, -0.25) is 0 Å². The molecule has 2 heteroatoms. The van der Waals surface area contributed by atoms with Crippen molar-refractivity contribution < 1.29 is 0 Å². The molecule has 0 aliphatic rings. The highest BCUT2D eigenvalue weighted by atomic mass is 32.2. The minimum absolute atomic E-state index is 0.419. The highest BCUT2D eigenvalue weighted by Crippen LogP contribution is 2.09. The van der Waals surface area contributed by atoms with Crippen molar-refractivity contribution in [1.29, 1.82) is 0 Å². The maximum absolute atomic E-state index is 5.89. The van der Waals surface area contributed by atoms with Crippen molar-refractivity contribution >= 4 is 11.8 Å². The van der Waals surface area contributed by atoms with Gasteiger partial charge in [0.05, 0.1) is 0 Å². The molecule has 0 amide bonds. The molecule has 0 aliphatic heterocycles. The van der Waals surface area contributed by atoms with Crippen LogP contribution < -0.4 is 5.73 Å². The van der Waals surface area contributed by atoms with Gasteiger partial charge in [-0.15, -0.1) is 0 Å². The molecule has 11 heavy (non-hydrogen) atoms. The number of thioether (sulfide) groups is 1. The van der Waals surface area contributed by atoms with Gasteiger partial charge in [-0.05, 0) is 24.5 Å². The molecule has 1 atom stereocenters. The van der Waals surface area contributed by atoms with Crippen molar-refractivity contribution in [3.05, 3.63) is 0 Å². The molecule has 2 N–H and O–H groups in total. The lowest BCUT2D eigenvalue weighted by Gasteiger charge is -2.11. The summed E-state index contributed by atoms with van der Waals surface area (Å²) >= 11 is 1.94. The van der Waals surface area contributed by atoms with Crippen LogP contribution in [-0.2, 0) is 0 Å². The average molecular weight is 175 g/mol. The monoisotopic (exact) mass is 175 g/mol. The van der Waals surface area contributed by atoms with E-state index in [-0.39, 0.29) is 0 Å². The van der Waals surface area contributed by atoms with E-state index in [1.54, 1.807) is 0 Å². The summed E-state index contributed by atoms with van der Waals surface area (Å²) in [5, 5.41) is 0. The first-order chi connectivity index (χ1) is 5.16. The van der Waals surface area contributed by atoms with Crippen molar-refractivity contribution in [2.75, 3.05) is 11.5 Å². The van der Waals surface area contributed by atoms with Crippen LogP contribution in [0.25, 0.3) is 0 Å². The van der Waals surface area contributed by atoms with E-state index >= 15 is 0 Å². The Morgan fingerprint density at radius 1 is 1.27 bits per heavy atom. The van der Waals surface area contributed by atoms with Crippen LogP contribution >= 0.6 is 11.8 Å². The molecule has 0 saturated carbocycles. The second kappa shape index (κ2) is 6.99. The first-order valence-corrected chi connectivity index (χ1v) is 5.65. The third-order valence-electron chi connectivity index (χ3n) is 1.65. The molecule has 0 radical (unpaired) electrons. The Balaban J connectivity index is 3.15. The van der Waals surface area contributed by atoms with Gasteiger partial charge in [0, 0.05) is 11.8 Å². The van der Waals surface area contributed by atoms with E-state index < -0.39 is 0 Å². The highest BCUT2D eigenvalue weighted by molar-refractivity contribution is 7.99. The molecule has 0 aromatic heterocycles. The first kappa shape index (κ1) is 11.3. The van der Waals surface area contributed by atoms with Crippen LogP contribution in [0.15, 0.2) is 0 Å². The van der Waals surface area contributed by atoms with Crippen LogP contribution in [0.1, 0.15) is 33.6 Å². The zero-order chi connectivity index (χ0) is 8.69. The topological polar surface area (TPSA) is 26.0 Å². The molecule has 1 nitrogen and oxygen atoms in total. The Kier molecular flexibility index (Phi) is 7.18. The summed E-state index contributed by atoms with van der Waals surface area (Å²) < 4.78 is 0. The minimum Gasteiger partial charge on any atom is -0.327 e. The largest absolute Gasteiger partial charge is 0.327 e. The zero-order valence-corrected chi connectivity index (χ0v) is 8.79. The summed E-state index contributed by atoms with van der Waals surface area (Å²) in [6.45, 7) is 6.68. The van der Waals surface area contributed by atoms with Crippen LogP contribution in [0.2, 0.25) is 0 Å². The molecule has 68 valence electrons. The van der Waals surface area contributed by atoms with Crippen LogP contribution in [0.5, 0.6) is 0 Å². The molecule has 0 fully saturated rings. The lowest BCUT2D eigenvalue weighted by Crippen LogP contribution is -2.23. The van der Waals surface area contributed by atoms with Gasteiger partial charge in [0.2, 0.25) is 0 Å². The SMILES string of the molecule is CCSCC(N)CCC(C)C. The Morgan fingerprint density at radius 3 is 2.36 bits per heavy atom. The predicted molar refractivity (Wildman–Crippen MR) is 55.0 cm³/mol. The molecular formula is C9H21NS. The van der Waals surface area contributed by atoms with E-state index in [1.807, 2.05) is 11.8 Å². The number of hydrogen-bond acceptors (Lipinski definition) is 2. The van der Waals surface area contributed by atoms with Gasteiger partial charge in [0.15, 0.2) is 0 Å². The van der Waals surface area contributed by atoms with Gasteiger partial charge >= 0.3 is 0 Å². The fraction of sp³-hybridized carbons (Fsp3) is 1.00. The number of hydrogen-bond donors (Lipinski definition) is 1. The second-order valence-corrected chi connectivity index (χ2v) is 4.71. The van der Waals surface area contributed by atoms with E-state index in [0.717, 1.165) is 11.7 Å². The molecule has 1 unspecified atom stereocenters. The summed E-state index contributed by atoms with van der Waals surface area (Å²) in [6.07, 6.45) is 2.45. The van der Waals surface area contributed by atoms with E-state index in [4.69, 9.17) is 5.73 Å². The van der Waals surface area contributed by atoms with Crippen molar-refractivity contribution in [2.45, 2.75) is 39.7 Å². The Morgan fingerprint density at radius 2 is 1.91 bits per heavy atom. The highest BCUT2D eigenvalue weighted by Gasteiger charge is 2.02. The quantitative estimate of drug-likeness (QED) is 0.671. The van der Waals surface area contributed by atoms with Crippen LogP contribution in [0, 0.1) is 5.92 Å². The van der Waals surface area contributed by atoms with Crippen LogP contribution in [0.3, 0.4) is 0 Å². The molecule has 0 aliphatic carbocycles. The predicted octanol–water partition coefficient (Wildman–Crippen LogP) is 2.50. The Labute approximate surface area is 75.1 Å². The molecule has 0 bridgehead atoms. The zero-order valence-electron chi connectivity index (χ0n) is 7.97. The number of nitrogens with two attached hydrogens (primary N) is 1. The maximum atomic E-state index is 5.89. The lowest BCUT2D eigenvalue weighted by molar-refractivity contribution is 0.517. The van der Waals surface area contributed by atoms with E-state index in [2.05, 4.69) is 20.8 Å². The van der Waals surface area contributed by atoms with Gasteiger partial charge in [-0.1, -0.05) is 20.8 Å². The summed E-state index contributed by atoms with van der Waals surface area (Å²) in [5.41, 5.74) is 5.89. The van der Waals surface area contributed by atoms with Crippen LogP contribution in [0.4, 0.5) is 0 Å². The second-order valence-electron chi connectivity index (χ2n) is 3.39. The Bertz CT molecular complexity index is 83.6. The summed E-state index contributed by atoms with van der Waals surface area (Å²) in [5.74, 6) is 3.12. The fourth-order valence-corrected chi connectivity index (χ4v) is 1.61. The molecular weight excluding hydrogens is 154 g/mol. The lowest BCUT2D eigenvalue weighted by atomic mass is 10.1. The molecule has 0 spiro atoms. The maximum Gasteiger partial charge on any atom is 0.0130 e. The summed E-state index contributed by atoms with van der Waals surface area (Å²) in [4.78, 5) is 0. The molecule has 0 aromatic rings. The third kappa shape index (κ3) is 8.21. The van der Waals surface area contributed by atoms with E-state index in [9.17, 15) is 0 Å². The first-order valence-electron chi connectivity index (χ1n) is 4.50. The third-order valence-corrected chi connectivity index (χ3v) is 2.72. The Hall–Kier alpha value is 0.310. The van der Waals surface area contributed by atoms with Gasteiger partial charge in [-0.2, -0.15) is 11.8 Å². The van der Waals surface area contributed by atoms with Gasteiger partial charge in [0.1, 0.15) is 0 Å². The fourth-order valence-electron chi connectivity index (χ4n) is 0.900. The number of rotatable bonds is 6. The van der Waals surface area contributed by atoms with Gasteiger partial charge < -0.3 is 5.73 Å². The minimum atomic E-state index is 0.419. The molecule has 0 heterocycles. The van der Waals surface area contributed by atoms with E-state index in [0.29, 0.717) is 6.04 Å². The van der Waals surface area contributed by atoms with E-state index in [1.165, 1.54) is 18.6 Å². The summed E-state index contributed by atoms with van der Waals surface area (Å²) in [7, 11) is 0. The average Bonchev–Trinajstić information content (AvgIpc) is 1.97. The molecule has 0 saturated heterocycles. The van der Waals surface area contributed by atoms with Gasteiger partial charge in [-0.25, -0.2) is 0 Å². The normalized spacial score (nSPS) is 13.9. The van der Waals surface area contributed by atoms with Crippen molar-refractivity contribution in [3.8, 4) is 0 Å². The van der Waals surface area contributed by atoms with Crippen LogP contribution in [-0.4, -0.2) is 17.5 Å². The molecule has 0 rings (SSSR count). The standard InChI is InChI=1S/C9H21NS/c1-4-11-7-9(10)6-5-8(2)3/h8-9H,4-7,10H2,1-3H3. The van der Waals surface area contributed by atoms with Crippen molar-refractivity contribution in [3.63, 3.8) is 0 Å². The van der Waals surface area contributed by atoms with Gasteiger partial charge in [0.25, 0.3) is 0 Å². The molecule has 0 aromatic carbocycles. The van der Waals surface area contributed by atoms with Crippen molar-refractivity contribution in [1.82, 2.24) is 0 Å².